The number of aliphatic hydroxyl groups is 1. The van der Waals surface area contributed by atoms with Crippen LogP contribution in [0.3, 0.4) is 0 Å². The van der Waals surface area contributed by atoms with Crippen molar-refractivity contribution in [2.45, 2.75) is 6.04 Å². The SMILES string of the molecule is COc1ccc(NC(C#CCO)c2ccccc2)cc1. The van der Waals surface area contributed by atoms with Crippen LogP contribution < -0.4 is 10.1 Å². The summed E-state index contributed by atoms with van der Waals surface area (Å²) in [4.78, 5) is 0. The molecule has 2 rings (SSSR count). The van der Waals surface area contributed by atoms with Crippen molar-refractivity contribution in [2.24, 2.45) is 0 Å². The second-order valence-corrected chi connectivity index (χ2v) is 4.20. The van der Waals surface area contributed by atoms with Gasteiger partial charge in [-0.2, -0.15) is 0 Å². The number of hydrogen-bond acceptors (Lipinski definition) is 3. The van der Waals surface area contributed by atoms with E-state index in [1.165, 1.54) is 0 Å². The van der Waals surface area contributed by atoms with E-state index in [9.17, 15) is 0 Å². The van der Waals surface area contributed by atoms with Crippen LogP contribution in [0.15, 0.2) is 54.6 Å². The fraction of sp³-hybridized carbons (Fsp3) is 0.176. The lowest BCUT2D eigenvalue weighted by Crippen LogP contribution is -2.08. The van der Waals surface area contributed by atoms with E-state index in [1.54, 1.807) is 7.11 Å². The zero-order valence-electron chi connectivity index (χ0n) is 11.3. The highest BCUT2D eigenvalue weighted by molar-refractivity contribution is 5.50. The van der Waals surface area contributed by atoms with E-state index < -0.39 is 0 Å². The van der Waals surface area contributed by atoms with E-state index >= 15 is 0 Å². The Hall–Kier alpha value is -2.44. The van der Waals surface area contributed by atoms with Crippen LogP contribution in [0.5, 0.6) is 5.75 Å². The molecule has 20 heavy (non-hydrogen) atoms. The third-order valence-corrected chi connectivity index (χ3v) is 2.86. The number of rotatable bonds is 4. The van der Waals surface area contributed by atoms with Crippen LogP contribution in [0, 0.1) is 11.8 Å². The maximum absolute atomic E-state index is 8.88. The van der Waals surface area contributed by atoms with Crippen LogP contribution in [-0.4, -0.2) is 18.8 Å². The molecule has 0 bridgehead atoms. The van der Waals surface area contributed by atoms with Crippen molar-refractivity contribution in [2.75, 3.05) is 19.0 Å². The molecule has 0 amide bonds. The summed E-state index contributed by atoms with van der Waals surface area (Å²) in [7, 11) is 1.64. The summed E-state index contributed by atoms with van der Waals surface area (Å²) in [5.74, 6) is 6.54. The number of methoxy groups -OCH3 is 1. The number of hydrogen-bond donors (Lipinski definition) is 2. The molecule has 0 fully saturated rings. The van der Waals surface area contributed by atoms with Crippen LogP contribution in [0.4, 0.5) is 5.69 Å². The summed E-state index contributed by atoms with van der Waals surface area (Å²) in [6.45, 7) is -0.145. The lowest BCUT2D eigenvalue weighted by atomic mass is 10.1. The van der Waals surface area contributed by atoms with Crippen molar-refractivity contribution in [3.8, 4) is 17.6 Å². The highest BCUT2D eigenvalue weighted by Gasteiger charge is 2.07. The molecule has 0 radical (unpaired) electrons. The predicted molar refractivity (Wildman–Crippen MR) is 80.7 cm³/mol. The van der Waals surface area contributed by atoms with Gasteiger partial charge in [-0.05, 0) is 29.8 Å². The van der Waals surface area contributed by atoms with Crippen molar-refractivity contribution in [1.29, 1.82) is 0 Å². The number of nitrogens with one attached hydrogen (secondary N) is 1. The Morgan fingerprint density at radius 2 is 1.80 bits per heavy atom. The van der Waals surface area contributed by atoms with E-state index in [0.29, 0.717) is 0 Å². The van der Waals surface area contributed by atoms with Gasteiger partial charge in [-0.25, -0.2) is 0 Å². The Balaban J connectivity index is 2.19. The van der Waals surface area contributed by atoms with Crippen LogP contribution in [-0.2, 0) is 0 Å². The third kappa shape index (κ3) is 3.78. The van der Waals surface area contributed by atoms with Gasteiger partial charge in [-0.1, -0.05) is 42.2 Å². The van der Waals surface area contributed by atoms with Gasteiger partial charge in [0.1, 0.15) is 18.4 Å². The fourth-order valence-electron chi connectivity index (χ4n) is 1.85. The molecule has 1 unspecified atom stereocenters. The number of benzene rings is 2. The van der Waals surface area contributed by atoms with Gasteiger partial charge in [-0.3, -0.25) is 0 Å². The van der Waals surface area contributed by atoms with Crippen molar-refractivity contribution in [1.82, 2.24) is 0 Å². The summed E-state index contributed by atoms with van der Waals surface area (Å²) in [6, 6.07) is 17.4. The lowest BCUT2D eigenvalue weighted by Gasteiger charge is -2.15. The molecule has 0 aliphatic carbocycles. The van der Waals surface area contributed by atoms with Crippen molar-refractivity contribution >= 4 is 5.69 Å². The average molecular weight is 267 g/mol. The first-order chi connectivity index (χ1) is 9.83. The van der Waals surface area contributed by atoms with Gasteiger partial charge in [0, 0.05) is 5.69 Å². The van der Waals surface area contributed by atoms with Crippen molar-refractivity contribution < 1.29 is 9.84 Å². The van der Waals surface area contributed by atoms with Gasteiger partial charge < -0.3 is 15.2 Å². The smallest absolute Gasteiger partial charge is 0.119 e. The highest BCUT2D eigenvalue weighted by Crippen LogP contribution is 2.21. The summed E-state index contributed by atoms with van der Waals surface area (Å²) in [5, 5.41) is 12.2. The Labute approximate surface area is 119 Å². The fourth-order valence-corrected chi connectivity index (χ4v) is 1.85. The normalized spacial score (nSPS) is 11.1. The minimum absolute atomic E-state index is 0.145. The molecule has 0 aliphatic heterocycles. The van der Waals surface area contributed by atoms with E-state index in [4.69, 9.17) is 9.84 Å². The van der Waals surface area contributed by atoms with Crippen molar-refractivity contribution in [3.63, 3.8) is 0 Å². The molecule has 2 aromatic carbocycles. The van der Waals surface area contributed by atoms with E-state index in [0.717, 1.165) is 17.0 Å². The molecule has 2 aromatic rings. The van der Waals surface area contributed by atoms with Crippen LogP contribution in [0.25, 0.3) is 0 Å². The predicted octanol–water partition coefficient (Wildman–Crippen LogP) is 2.84. The maximum Gasteiger partial charge on any atom is 0.119 e. The molecule has 0 aliphatic rings. The van der Waals surface area contributed by atoms with Crippen LogP contribution in [0.2, 0.25) is 0 Å². The van der Waals surface area contributed by atoms with Gasteiger partial charge in [0.25, 0.3) is 0 Å². The van der Waals surface area contributed by atoms with Gasteiger partial charge in [-0.15, -0.1) is 0 Å². The molecular weight excluding hydrogens is 250 g/mol. The molecule has 0 aromatic heterocycles. The molecule has 1 atom stereocenters. The minimum atomic E-state index is -0.156. The summed E-state index contributed by atoms with van der Waals surface area (Å²) in [6.07, 6.45) is 0. The minimum Gasteiger partial charge on any atom is -0.497 e. The zero-order chi connectivity index (χ0) is 14.2. The van der Waals surface area contributed by atoms with Crippen LogP contribution in [0.1, 0.15) is 11.6 Å². The Morgan fingerprint density at radius 1 is 1.10 bits per heavy atom. The molecular formula is C17H17NO2. The van der Waals surface area contributed by atoms with E-state index in [-0.39, 0.29) is 12.6 Å². The first-order valence-corrected chi connectivity index (χ1v) is 6.38. The molecule has 2 N–H and O–H groups in total. The van der Waals surface area contributed by atoms with E-state index in [1.807, 2.05) is 54.6 Å². The molecule has 102 valence electrons. The first-order valence-electron chi connectivity index (χ1n) is 6.38. The number of anilines is 1. The molecule has 0 heterocycles. The van der Waals surface area contributed by atoms with Gasteiger partial charge in [0.05, 0.1) is 7.11 Å². The lowest BCUT2D eigenvalue weighted by molar-refractivity contribution is 0.350. The Morgan fingerprint density at radius 3 is 2.40 bits per heavy atom. The standard InChI is InChI=1S/C17H17NO2/c1-20-16-11-9-15(10-12-16)18-17(8-5-13-19)14-6-3-2-4-7-14/h2-4,6-7,9-12,17-19H,13H2,1H3. The highest BCUT2D eigenvalue weighted by atomic mass is 16.5. The Bertz CT molecular complexity index is 582. The van der Waals surface area contributed by atoms with Gasteiger partial charge in [0.2, 0.25) is 0 Å². The molecule has 0 spiro atoms. The van der Waals surface area contributed by atoms with Gasteiger partial charge in [0.15, 0.2) is 0 Å². The Kier molecular flexibility index (Phi) is 5.05. The molecule has 3 heteroatoms. The number of ether oxygens (including phenoxy) is 1. The maximum atomic E-state index is 8.88. The molecule has 3 nitrogen and oxygen atoms in total. The average Bonchev–Trinajstić information content (AvgIpc) is 2.53. The zero-order valence-corrected chi connectivity index (χ0v) is 11.3. The number of aliphatic hydroxyl groups excluding tert-OH is 1. The third-order valence-electron chi connectivity index (χ3n) is 2.86. The molecule has 0 saturated carbocycles. The quantitative estimate of drug-likeness (QED) is 0.837. The van der Waals surface area contributed by atoms with Crippen LogP contribution >= 0.6 is 0 Å². The summed E-state index contributed by atoms with van der Waals surface area (Å²) < 4.78 is 5.13. The monoisotopic (exact) mass is 267 g/mol. The summed E-state index contributed by atoms with van der Waals surface area (Å²) >= 11 is 0. The summed E-state index contributed by atoms with van der Waals surface area (Å²) in [5.41, 5.74) is 2.01. The second kappa shape index (κ2) is 7.22. The molecule has 0 saturated heterocycles. The second-order valence-electron chi connectivity index (χ2n) is 4.20. The van der Waals surface area contributed by atoms with Gasteiger partial charge >= 0.3 is 0 Å². The first kappa shape index (κ1) is 14.0. The largest absolute Gasteiger partial charge is 0.497 e. The van der Waals surface area contributed by atoms with E-state index in [2.05, 4.69) is 17.2 Å². The van der Waals surface area contributed by atoms with Crippen molar-refractivity contribution in [3.05, 3.63) is 60.2 Å². The topological polar surface area (TPSA) is 41.5 Å².